The van der Waals surface area contributed by atoms with Gasteiger partial charge in [-0.2, -0.15) is 0 Å². The van der Waals surface area contributed by atoms with E-state index in [1.807, 2.05) is 10.6 Å². The quantitative estimate of drug-likeness (QED) is 0.735. The maximum Gasteiger partial charge on any atom is 0.149 e. The van der Waals surface area contributed by atoms with E-state index in [2.05, 4.69) is 9.97 Å². The second-order valence-electron chi connectivity index (χ2n) is 5.25. The summed E-state index contributed by atoms with van der Waals surface area (Å²) in [6.07, 6.45) is 5.38. The van der Waals surface area contributed by atoms with Gasteiger partial charge in [0, 0.05) is 18.3 Å². The number of benzene rings is 1. The third-order valence-corrected chi connectivity index (χ3v) is 3.73. The van der Waals surface area contributed by atoms with Crippen LogP contribution >= 0.6 is 0 Å². The van der Waals surface area contributed by atoms with Gasteiger partial charge in [-0.05, 0) is 25.0 Å². The first-order valence-electron chi connectivity index (χ1n) is 6.72. The molecule has 0 unspecified atom stereocenters. The fourth-order valence-electron chi connectivity index (χ4n) is 2.58. The average Bonchev–Trinajstić information content (AvgIpc) is 3.23. The average molecular weight is 286 g/mol. The number of halogens is 2. The van der Waals surface area contributed by atoms with E-state index in [0.717, 1.165) is 24.4 Å². The molecule has 1 fully saturated rings. The molecule has 0 radical (unpaired) electrons. The molecular weight excluding hydrogens is 274 g/mol. The van der Waals surface area contributed by atoms with Gasteiger partial charge in [0.15, 0.2) is 0 Å². The maximum atomic E-state index is 14.1. The summed E-state index contributed by atoms with van der Waals surface area (Å²) < 4.78 is 29.5. The van der Waals surface area contributed by atoms with Crippen molar-refractivity contribution in [1.29, 1.82) is 0 Å². The lowest BCUT2D eigenvalue weighted by atomic mass is 10.1. The molecule has 2 heterocycles. The lowest BCUT2D eigenvalue weighted by molar-refractivity contribution is 0.586. The van der Waals surface area contributed by atoms with E-state index in [0.29, 0.717) is 17.4 Å². The number of nitrogen functional groups attached to an aromatic ring is 1. The van der Waals surface area contributed by atoms with Crippen LogP contribution in [-0.2, 0) is 0 Å². The Hall–Kier alpha value is -2.50. The van der Waals surface area contributed by atoms with Crippen LogP contribution in [-0.4, -0.2) is 14.5 Å². The highest BCUT2D eigenvalue weighted by molar-refractivity contribution is 5.81. The van der Waals surface area contributed by atoms with Gasteiger partial charge >= 0.3 is 0 Å². The van der Waals surface area contributed by atoms with Crippen LogP contribution in [0, 0.1) is 11.6 Å². The Labute approximate surface area is 119 Å². The molecule has 21 heavy (non-hydrogen) atoms. The van der Waals surface area contributed by atoms with Crippen LogP contribution in [0.1, 0.15) is 18.9 Å². The van der Waals surface area contributed by atoms with E-state index in [1.165, 1.54) is 6.07 Å². The SMILES string of the molecule is Nc1cc(-c2nc3cnccc3n2C2CC2)c(F)cc1F. The number of aromatic nitrogens is 3. The molecule has 1 saturated carbocycles. The molecule has 106 valence electrons. The Bertz CT molecular complexity index is 852. The standard InChI is InChI=1S/C15H12F2N4/c16-10-6-11(17)12(18)5-9(10)15-20-13-7-19-4-3-14(13)21(15)8-1-2-8/h3-8H,1-2,18H2. The minimum Gasteiger partial charge on any atom is -0.396 e. The van der Waals surface area contributed by atoms with Crippen molar-refractivity contribution in [3.63, 3.8) is 0 Å². The number of fused-ring (bicyclic) bond motifs is 1. The molecule has 0 atom stereocenters. The molecule has 4 nitrogen and oxygen atoms in total. The minimum atomic E-state index is -0.757. The molecular formula is C15H12F2N4. The van der Waals surface area contributed by atoms with Gasteiger partial charge in [0.05, 0.1) is 23.0 Å². The molecule has 0 bridgehead atoms. The van der Waals surface area contributed by atoms with Gasteiger partial charge in [0.2, 0.25) is 0 Å². The Morgan fingerprint density at radius 1 is 1.19 bits per heavy atom. The number of hydrogen-bond donors (Lipinski definition) is 1. The third-order valence-electron chi connectivity index (χ3n) is 3.73. The van der Waals surface area contributed by atoms with Gasteiger partial charge in [-0.1, -0.05) is 0 Å². The first kappa shape index (κ1) is 12.3. The van der Waals surface area contributed by atoms with Crippen LogP contribution in [0.25, 0.3) is 22.4 Å². The largest absolute Gasteiger partial charge is 0.396 e. The molecule has 6 heteroatoms. The molecule has 3 aromatic rings. The van der Waals surface area contributed by atoms with E-state index in [-0.39, 0.29) is 11.3 Å². The number of nitrogens with two attached hydrogens (primary N) is 1. The van der Waals surface area contributed by atoms with Crippen LogP contribution in [0.15, 0.2) is 30.6 Å². The molecule has 0 saturated heterocycles. The molecule has 1 aromatic carbocycles. The predicted molar refractivity (Wildman–Crippen MR) is 75.6 cm³/mol. The highest BCUT2D eigenvalue weighted by Gasteiger charge is 2.29. The highest BCUT2D eigenvalue weighted by Crippen LogP contribution is 2.41. The summed E-state index contributed by atoms with van der Waals surface area (Å²) >= 11 is 0. The van der Waals surface area contributed by atoms with E-state index >= 15 is 0 Å². The lowest BCUT2D eigenvalue weighted by Gasteiger charge is -2.09. The van der Waals surface area contributed by atoms with Crippen LogP contribution < -0.4 is 5.73 Å². The van der Waals surface area contributed by atoms with Gasteiger partial charge in [-0.3, -0.25) is 4.98 Å². The lowest BCUT2D eigenvalue weighted by Crippen LogP contribution is -2.01. The third kappa shape index (κ3) is 1.86. The van der Waals surface area contributed by atoms with Crippen molar-refractivity contribution in [1.82, 2.24) is 14.5 Å². The zero-order chi connectivity index (χ0) is 14.6. The Balaban J connectivity index is 2.02. The van der Waals surface area contributed by atoms with Crippen LogP contribution in [0.3, 0.4) is 0 Å². The molecule has 2 N–H and O–H groups in total. The van der Waals surface area contributed by atoms with E-state index < -0.39 is 11.6 Å². The number of nitrogens with zero attached hydrogens (tertiary/aromatic N) is 3. The predicted octanol–water partition coefficient (Wildman–Crippen LogP) is 3.29. The summed E-state index contributed by atoms with van der Waals surface area (Å²) in [4.78, 5) is 8.50. The molecule has 4 rings (SSSR count). The van der Waals surface area contributed by atoms with Crippen LogP contribution in [0.4, 0.5) is 14.5 Å². The van der Waals surface area contributed by atoms with Crippen molar-refractivity contribution in [2.24, 2.45) is 0 Å². The molecule has 1 aliphatic carbocycles. The Morgan fingerprint density at radius 2 is 2.00 bits per heavy atom. The summed E-state index contributed by atoms with van der Waals surface area (Å²) in [5.41, 5.74) is 7.31. The maximum absolute atomic E-state index is 14.1. The van der Waals surface area contributed by atoms with Crippen molar-refractivity contribution < 1.29 is 8.78 Å². The van der Waals surface area contributed by atoms with Crippen LogP contribution in [0.5, 0.6) is 0 Å². The Kier molecular flexibility index (Phi) is 2.48. The number of pyridine rings is 1. The highest BCUT2D eigenvalue weighted by atomic mass is 19.1. The monoisotopic (exact) mass is 286 g/mol. The van der Waals surface area contributed by atoms with Crippen molar-refractivity contribution in [2.45, 2.75) is 18.9 Å². The topological polar surface area (TPSA) is 56.7 Å². The Morgan fingerprint density at radius 3 is 2.76 bits per heavy atom. The first-order chi connectivity index (χ1) is 10.1. The number of rotatable bonds is 2. The van der Waals surface area contributed by atoms with Crippen LogP contribution in [0.2, 0.25) is 0 Å². The van der Waals surface area contributed by atoms with Gasteiger partial charge in [-0.25, -0.2) is 13.8 Å². The summed E-state index contributed by atoms with van der Waals surface area (Å²) in [6.45, 7) is 0. The second kappa shape index (κ2) is 4.25. The summed E-state index contributed by atoms with van der Waals surface area (Å²) in [6, 6.07) is 4.27. The van der Waals surface area contributed by atoms with Crippen molar-refractivity contribution in [3.8, 4) is 11.4 Å². The number of hydrogen-bond acceptors (Lipinski definition) is 3. The molecule has 0 spiro atoms. The summed E-state index contributed by atoms with van der Waals surface area (Å²) in [7, 11) is 0. The summed E-state index contributed by atoms with van der Waals surface area (Å²) in [5.74, 6) is -0.941. The van der Waals surface area contributed by atoms with Gasteiger partial charge in [0.1, 0.15) is 23.0 Å². The zero-order valence-electron chi connectivity index (χ0n) is 11.1. The van der Waals surface area contributed by atoms with E-state index in [9.17, 15) is 8.78 Å². The number of imidazole rings is 1. The van der Waals surface area contributed by atoms with Gasteiger partial charge < -0.3 is 10.3 Å². The first-order valence-corrected chi connectivity index (χ1v) is 6.72. The van der Waals surface area contributed by atoms with Gasteiger partial charge in [-0.15, -0.1) is 0 Å². The smallest absolute Gasteiger partial charge is 0.149 e. The normalized spacial score (nSPS) is 14.8. The van der Waals surface area contributed by atoms with E-state index in [1.54, 1.807) is 12.4 Å². The van der Waals surface area contributed by atoms with Crippen molar-refractivity contribution in [3.05, 3.63) is 42.2 Å². The fourth-order valence-corrected chi connectivity index (χ4v) is 2.58. The van der Waals surface area contributed by atoms with Crippen molar-refractivity contribution >= 4 is 16.7 Å². The molecule has 0 aliphatic heterocycles. The molecule has 0 amide bonds. The van der Waals surface area contributed by atoms with Gasteiger partial charge in [0.25, 0.3) is 0 Å². The van der Waals surface area contributed by atoms with E-state index in [4.69, 9.17) is 5.73 Å². The fraction of sp³-hybridized carbons (Fsp3) is 0.200. The second-order valence-corrected chi connectivity index (χ2v) is 5.25. The zero-order valence-corrected chi connectivity index (χ0v) is 11.1. The summed E-state index contributed by atoms with van der Waals surface area (Å²) in [5, 5.41) is 0. The minimum absolute atomic E-state index is 0.0843. The van der Waals surface area contributed by atoms with Crippen molar-refractivity contribution in [2.75, 3.05) is 5.73 Å². The molecule has 1 aliphatic rings. The number of anilines is 1. The molecule has 2 aromatic heterocycles.